The third kappa shape index (κ3) is 2.60. The first kappa shape index (κ1) is 15.0. The molecular formula is C19H17F2N3. The van der Waals surface area contributed by atoms with E-state index in [9.17, 15) is 8.78 Å². The summed E-state index contributed by atoms with van der Waals surface area (Å²) in [5.74, 6) is 0.453. The molecule has 3 aromatic rings. The van der Waals surface area contributed by atoms with Crippen molar-refractivity contribution in [1.29, 1.82) is 0 Å². The number of nitrogens with zero attached hydrogens (tertiary/aromatic N) is 3. The molecule has 122 valence electrons. The van der Waals surface area contributed by atoms with Crippen molar-refractivity contribution in [3.05, 3.63) is 66.0 Å². The smallest absolute Gasteiger partial charge is 0.143 e. The lowest BCUT2D eigenvalue weighted by Gasteiger charge is -2.30. The Hall–Kier alpha value is -2.56. The summed E-state index contributed by atoms with van der Waals surface area (Å²) in [5, 5.41) is 0.426. The third-order valence-electron chi connectivity index (χ3n) is 4.62. The minimum atomic E-state index is -0.330. The van der Waals surface area contributed by atoms with Gasteiger partial charge in [-0.05, 0) is 48.6 Å². The average Bonchev–Trinajstić information content (AvgIpc) is 3.41. The Labute approximate surface area is 139 Å². The van der Waals surface area contributed by atoms with Gasteiger partial charge in [0.15, 0.2) is 0 Å². The number of fused-ring (bicyclic) bond motifs is 1. The second kappa shape index (κ2) is 5.82. The number of benzene rings is 2. The topological polar surface area (TPSA) is 29.0 Å². The van der Waals surface area contributed by atoms with Crippen molar-refractivity contribution in [2.24, 2.45) is 5.92 Å². The molecule has 1 fully saturated rings. The second-order valence-electron chi connectivity index (χ2n) is 6.28. The summed E-state index contributed by atoms with van der Waals surface area (Å²) in [5.41, 5.74) is 1.60. The van der Waals surface area contributed by atoms with Crippen molar-refractivity contribution in [3.63, 3.8) is 0 Å². The summed E-state index contributed by atoms with van der Waals surface area (Å²) in [6.45, 7) is 0. The maximum atomic E-state index is 14.4. The highest BCUT2D eigenvalue weighted by Gasteiger charge is 2.36. The van der Waals surface area contributed by atoms with E-state index in [2.05, 4.69) is 9.97 Å². The van der Waals surface area contributed by atoms with Gasteiger partial charge < -0.3 is 4.90 Å². The van der Waals surface area contributed by atoms with E-state index in [1.54, 1.807) is 24.3 Å². The van der Waals surface area contributed by atoms with Crippen molar-refractivity contribution in [2.75, 3.05) is 11.9 Å². The molecule has 1 atom stereocenters. The first-order valence-corrected chi connectivity index (χ1v) is 8.02. The van der Waals surface area contributed by atoms with Gasteiger partial charge in [-0.15, -0.1) is 0 Å². The van der Waals surface area contributed by atoms with Crippen molar-refractivity contribution >= 4 is 16.7 Å². The van der Waals surface area contributed by atoms with Crippen LogP contribution in [0.4, 0.5) is 14.6 Å². The number of aromatic nitrogens is 2. The van der Waals surface area contributed by atoms with Crippen LogP contribution in [-0.2, 0) is 0 Å². The standard InChI is InChI=1S/C19H17F2N3/c1-24(18(12-5-6-12)13-7-9-14(20)10-8-13)19-17-15(21)3-2-4-16(17)22-11-23-19/h2-4,7-12,18H,5-6H2,1H3/t18-/m1/s1. The summed E-state index contributed by atoms with van der Waals surface area (Å²) in [7, 11) is 1.92. The highest BCUT2D eigenvalue weighted by Crippen LogP contribution is 2.46. The summed E-state index contributed by atoms with van der Waals surface area (Å²) in [6.07, 6.45) is 3.68. The Kier molecular flexibility index (Phi) is 3.63. The van der Waals surface area contributed by atoms with Gasteiger partial charge in [-0.25, -0.2) is 18.7 Å². The lowest BCUT2D eigenvalue weighted by Crippen LogP contribution is -2.27. The van der Waals surface area contributed by atoms with Crippen molar-refractivity contribution in [2.45, 2.75) is 18.9 Å². The molecule has 0 N–H and O–H groups in total. The molecule has 24 heavy (non-hydrogen) atoms. The molecule has 0 aliphatic heterocycles. The summed E-state index contributed by atoms with van der Waals surface area (Å²) in [4.78, 5) is 10.5. The first-order valence-electron chi connectivity index (χ1n) is 8.02. The van der Waals surface area contributed by atoms with Gasteiger partial charge in [-0.2, -0.15) is 0 Å². The molecule has 0 bridgehead atoms. The van der Waals surface area contributed by atoms with Gasteiger partial charge in [0.25, 0.3) is 0 Å². The Balaban J connectivity index is 1.81. The van der Waals surface area contributed by atoms with Gasteiger partial charge in [0.2, 0.25) is 0 Å². The number of hydrogen-bond donors (Lipinski definition) is 0. The van der Waals surface area contributed by atoms with Crippen LogP contribution < -0.4 is 4.90 Å². The number of halogens is 2. The molecule has 0 amide bonds. The molecule has 3 nitrogen and oxygen atoms in total. The predicted octanol–water partition coefficient (Wildman–Crippen LogP) is 4.50. The van der Waals surface area contributed by atoms with Crippen LogP contribution in [0.15, 0.2) is 48.8 Å². The van der Waals surface area contributed by atoms with Crippen LogP contribution in [0.5, 0.6) is 0 Å². The zero-order valence-electron chi connectivity index (χ0n) is 13.3. The van der Waals surface area contributed by atoms with Gasteiger partial charge in [-0.1, -0.05) is 18.2 Å². The predicted molar refractivity (Wildman–Crippen MR) is 89.8 cm³/mol. The molecule has 1 aliphatic carbocycles. The van der Waals surface area contributed by atoms with Crippen LogP contribution in [0.1, 0.15) is 24.4 Å². The normalized spacial score (nSPS) is 15.5. The molecule has 0 spiro atoms. The second-order valence-corrected chi connectivity index (χ2v) is 6.28. The fourth-order valence-corrected chi connectivity index (χ4v) is 3.34. The Bertz CT molecular complexity index is 870. The summed E-state index contributed by atoms with van der Waals surface area (Å²) < 4.78 is 27.7. The molecule has 1 saturated carbocycles. The quantitative estimate of drug-likeness (QED) is 0.707. The average molecular weight is 325 g/mol. The molecule has 0 unspecified atom stereocenters. The van der Waals surface area contributed by atoms with E-state index >= 15 is 0 Å². The lowest BCUT2D eigenvalue weighted by molar-refractivity contribution is 0.581. The van der Waals surface area contributed by atoms with E-state index in [0.29, 0.717) is 22.6 Å². The van der Waals surface area contributed by atoms with Crippen LogP contribution >= 0.6 is 0 Å². The van der Waals surface area contributed by atoms with Crippen molar-refractivity contribution in [3.8, 4) is 0 Å². The van der Waals surface area contributed by atoms with Crippen LogP contribution in [0, 0.1) is 17.6 Å². The van der Waals surface area contributed by atoms with Gasteiger partial charge >= 0.3 is 0 Å². The first-order chi connectivity index (χ1) is 11.6. The van der Waals surface area contributed by atoms with E-state index in [1.807, 2.05) is 11.9 Å². The van der Waals surface area contributed by atoms with Crippen LogP contribution in [-0.4, -0.2) is 17.0 Å². The van der Waals surface area contributed by atoms with E-state index in [-0.39, 0.29) is 17.7 Å². The molecule has 5 heteroatoms. The molecule has 4 rings (SSSR count). The van der Waals surface area contributed by atoms with Gasteiger partial charge in [0.05, 0.1) is 16.9 Å². The zero-order valence-corrected chi connectivity index (χ0v) is 13.3. The zero-order chi connectivity index (χ0) is 16.7. The Morgan fingerprint density at radius 3 is 2.50 bits per heavy atom. The lowest BCUT2D eigenvalue weighted by atomic mass is 10.0. The Morgan fingerprint density at radius 2 is 1.79 bits per heavy atom. The molecule has 0 radical (unpaired) electrons. The summed E-state index contributed by atoms with van der Waals surface area (Å²) in [6, 6.07) is 11.4. The molecular weight excluding hydrogens is 308 g/mol. The van der Waals surface area contributed by atoms with Crippen LogP contribution in [0.3, 0.4) is 0 Å². The molecule has 2 aromatic carbocycles. The molecule has 1 aliphatic rings. The van der Waals surface area contributed by atoms with Crippen molar-refractivity contribution in [1.82, 2.24) is 9.97 Å². The highest BCUT2D eigenvalue weighted by atomic mass is 19.1. The minimum absolute atomic E-state index is 0.0447. The molecule has 1 heterocycles. The van der Waals surface area contributed by atoms with Crippen molar-refractivity contribution < 1.29 is 8.78 Å². The monoisotopic (exact) mass is 325 g/mol. The van der Waals surface area contributed by atoms with Gasteiger partial charge in [0, 0.05) is 7.05 Å². The fourth-order valence-electron chi connectivity index (χ4n) is 3.34. The van der Waals surface area contributed by atoms with E-state index in [4.69, 9.17) is 0 Å². The largest absolute Gasteiger partial charge is 0.352 e. The maximum absolute atomic E-state index is 14.4. The number of rotatable bonds is 4. The highest BCUT2D eigenvalue weighted by molar-refractivity contribution is 5.89. The van der Waals surface area contributed by atoms with Gasteiger partial charge in [0.1, 0.15) is 23.8 Å². The third-order valence-corrected chi connectivity index (χ3v) is 4.62. The SMILES string of the molecule is CN(c1ncnc2cccc(F)c12)[C@@H](c1ccc(F)cc1)C1CC1. The molecule has 0 saturated heterocycles. The number of hydrogen-bond acceptors (Lipinski definition) is 3. The van der Waals surface area contributed by atoms with Gasteiger partial charge in [-0.3, -0.25) is 0 Å². The van der Waals surface area contributed by atoms with Crippen LogP contribution in [0.2, 0.25) is 0 Å². The van der Waals surface area contributed by atoms with E-state index < -0.39 is 0 Å². The van der Waals surface area contributed by atoms with Crippen LogP contribution in [0.25, 0.3) is 10.9 Å². The fraction of sp³-hybridized carbons (Fsp3) is 0.263. The minimum Gasteiger partial charge on any atom is -0.352 e. The van der Waals surface area contributed by atoms with E-state index in [1.165, 1.54) is 24.5 Å². The number of anilines is 1. The Morgan fingerprint density at radius 1 is 1.04 bits per heavy atom. The maximum Gasteiger partial charge on any atom is 0.143 e. The molecule has 1 aromatic heterocycles. The summed E-state index contributed by atoms with van der Waals surface area (Å²) >= 11 is 0. The van der Waals surface area contributed by atoms with E-state index in [0.717, 1.165) is 18.4 Å².